The smallest absolute Gasteiger partial charge is 0.217 e. The third-order valence-electron chi connectivity index (χ3n) is 7.49. The second-order valence-electron chi connectivity index (χ2n) is 10.8. The minimum Gasteiger partial charge on any atom is -0.496 e. The van der Waals surface area contributed by atoms with Crippen LogP contribution >= 0.6 is 27.3 Å². The third-order valence-corrected chi connectivity index (χ3v) is 11.4. The first-order valence-electron chi connectivity index (χ1n) is 14.8. The van der Waals surface area contributed by atoms with E-state index in [-0.39, 0.29) is 18.5 Å². The van der Waals surface area contributed by atoms with Crippen molar-refractivity contribution in [2.75, 3.05) is 19.0 Å². The van der Waals surface area contributed by atoms with Crippen molar-refractivity contribution in [1.29, 1.82) is 0 Å². The number of rotatable bonds is 13. The van der Waals surface area contributed by atoms with Crippen LogP contribution in [0.25, 0.3) is 22.2 Å². The van der Waals surface area contributed by atoms with Gasteiger partial charge in [-0.1, -0.05) is 26.0 Å². The summed E-state index contributed by atoms with van der Waals surface area (Å²) in [5.41, 5.74) is 3.58. The summed E-state index contributed by atoms with van der Waals surface area (Å²) in [7, 11) is -1.89. The highest BCUT2D eigenvalue weighted by molar-refractivity contribution is 9.10. The van der Waals surface area contributed by atoms with Crippen molar-refractivity contribution in [3.63, 3.8) is 0 Å². The Kier molecular flexibility index (Phi) is 10.6. The Morgan fingerprint density at radius 3 is 2.54 bits per heavy atom. The number of halogens is 2. The highest BCUT2D eigenvalue weighted by Gasteiger charge is 2.33. The van der Waals surface area contributed by atoms with Crippen LogP contribution in [0.1, 0.15) is 50.7 Å². The molecule has 0 saturated carbocycles. The van der Waals surface area contributed by atoms with Gasteiger partial charge in [0.05, 0.1) is 34.1 Å². The fourth-order valence-electron chi connectivity index (χ4n) is 5.09. The first-order chi connectivity index (χ1) is 22.0. The van der Waals surface area contributed by atoms with Crippen molar-refractivity contribution in [3.05, 3.63) is 87.2 Å². The molecule has 5 rings (SSSR count). The molecule has 13 heteroatoms. The van der Waals surface area contributed by atoms with Crippen LogP contribution in [-0.2, 0) is 16.6 Å². The van der Waals surface area contributed by atoms with Gasteiger partial charge >= 0.3 is 0 Å². The summed E-state index contributed by atoms with van der Waals surface area (Å²) < 4.78 is 53.7. The van der Waals surface area contributed by atoms with E-state index in [9.17, 15) is 12.8 Å². The minimum absolute atomic E-state index is 0.228. The summed E-state index contributed by atoms with van der Waals surface area (Å²) in [6.45, 7) is 7.80. The molecule has 1 atom stereocenters. The van der Waals surface area contributed by atoms with Gasteiger partial charge in [0.2, 0.25) is 10.0 Å². The Labute approximate surface area is 281 Å². The van der Waals surface area contributed by atoms with Crippen LogP contribution in [0.3, 0.4) is 0 Å². The van der Waals surface area contributed by atoms with Crippen LogP contribution in [0.15, 0.2) is 70.8 Å². The lowest BCUT2D eigenvalue weighted by Gasteiger charge is -2.29. The number of aromatic nitrogens is 3. The molecule has 2 heterocycles. The van der Waals surface area contributed by atoms with E-state index in [1.807, 2.05) is 55.6 Å². The van der Waals surface area contributed by atoms with Crippen molar-refractivity contribution in [2.45, 2.75) is 52.0 Å². The van der Waals surface area contributed by atoms with E-state index < -0.39 is 15.3 Å². The summed E-state index contributed by atoms with van der Waals surface area (Å²) in [6.07, 6.45) is 2.07. The summed E-state index contributed by atoms with van der Waals surface area (Å²) in [4.78, 5) is 13.9. The zero-order valence-electron chi connectivity index (χ0n) is 26.1. The molecule has 242 valence electrons. The number of thiazole rings is 1. The number of nitrogens with one attached hydrogen (secondary N) is 1. The Balaban J connectivity index is 1.44. The molecule has 0 spiro atoms. The van der Waals surface area contributed by atoms with Gasteiger partial charge in [0.15, 0.2) is 0 Å². The highest BCUT2D eigenvalue weighted by Crippen LogP contribution is 2.39. The number of nitrogens with zero attached hydrogens (tertiary/aromatic N) is 4. The van der Waals surface area contributed by atoms with Crippen LogP contribution in [0.4, 0.5) is 15.9 Å². The number of ether oxygens (including phenoxy) is 2. The van der Waals surface area contributed by atoms with E-state index in [0.29, 0.717) is 41.5 Å². The van der Waals surface area contributed by atoms with Crippen LogP contribution in [0.2, 0.25) is 0 Å². The van der Waals surface area contributed by atoms with E-state index in [4.69, 9.17) is 14.5 Å². The lowest BCUT2D eigenvalue weighted by atomic mass is 10.1. The number of hydrogen-bond donors (Lipinski definition) is 1. The lowest BCUT2D eigenvalue weighted by molar-refractivity contribution is 0.303. The molecule has 0 aliphatic heterocycles. The Morgan fingerprint density at radius 1 is 1.07 bits per heavy atom. The lowest BCUT2D eigenvalue weighted by Crippen LogP contribution is -2.39. The average molecular weight is 729 g/mol. The van der Waals surface area contributed by atoms with Crippen molar-refractivity contribution >= 4 is 59.7 Å². The monoisotopic (exact) mass is 727 g/mol. The van der Waals surface area contributed by atoms with Crippen LogP contribution in [0.5, 0.6) is 11.5 Å². The molecule has 1 N–H and O–H groups in total. The topological polar surface area (TPSA) is 107 Å². The molecule has 3 aromatic carbocycles. The van der Waals surface area contributed by atoms with E-state index in [1.165, 1.54) is 29.8 Å². The number of anilines is 2. The molecule has 46 heavy (non-hydrogen) atoms. The Hall–Kier alpha value is -3.65. The maximum atomic E-state index is 13.5. The molecule has 2 aromatic heterocycles. The van der Waals surface area contributed by atoms with Crippen molar-refractivity contribution in [1.82, 2.24) is 19.3 Å². The molecule has 0 aliphatic carbocycles. The summed E-state index contributed by atoms with van der Waals surface area (Å²) in [6, 6.07) is 15.3. The van der Waals surface area contributed by atoms with Gasteiger partial charge in [-0.15, -0.1) is 11.3 Å². The summed E-state index contributed by atoms with van der Waals surface area (Å²) >= 11 is 5.01. The largest absolute Gasteiger partial charge is 0.496 e. The molecular weight excluding hydrogens is 693 g/mol. The molecule has 0 amide bonds. The van der Waals surface area contributed by atoms with Crippen molar-refractivity contribution in [3.8, 4) is 22.8 Å². The minimum atomic E-state index is -3.48. The normalized spacial score (nSPS) is 12.5. The standard InChI is InChI=1S/C33H35BrFN5O4S2/c1-6-29(40(7-2)46(41,42)20(3)4)33-39-28(18-45-33)24-15-25-27(16-31(24)43-5)36-19-37-32(25)38-23-11-12-30(26(34)14-23)44-17-21-9-8-10-22(35)13-21/h8-16,18-20,29H,6-7,17H2,1-5H3,(H,36,37,38). The molecule has 0 aliphatic rings. The third kappa shape index (κ3) is 7.17. The summed E-state index contributed by atoms with van der Waals surface area (Å²) in [5, 5.41) is 6.24. The Bertz CT molecular complexity index is 1950. The van der Waals surface area contributed by atoms with Gasteiger partial charge in [-0.3, -0.25) is 0 Å². The zero-order chi connectivity index (χ0) is 33.0. The fraction of sp³-hybridized carbons (Fsp3) is 0.303. The first kappa shape index (κ1) is 33.7. The number of methoxy groups -OCH3 is 1. The van der Waals surface area contributed by atoms with Crippen LogP contribution < -0.4 is 14.8 Å². The molecule has 0 fully saturated rings. The van der Waals surface area contributed by atoms with Crippen molar-refractivity contribution in [2.24, 2.45) is 0 Å². The van der Waals surface area contributed by atoms with E-state index in [2.05, 4.69) is 31.2 Å². The second-order valence-corrected chi connectivity index (χ2v) is 15.0. The molecular formula is C33H35BrFN5O4S2. The first-order valence-corrected chi connectivity index (χ1v) is 18.0. The predicted octanol–water partition coefficient (Wildman–Crippen LogP) is 8.50. The quantitative estimate of drug-likeness (QED) is 0.129. The Morgan fingerprint density at radius 2 is 1.87 bits per heavy atom. The zero-order valence-corrected chi connectivity index (χ0v) is 29.3. The molecule has 0 bridgehead atoms. The molecule has 0 saturated heterocycles. The molecule has 0 radical (unpaired) electrons. The highest BCUT2D eigenvalue weighted by atomic mass is 79.9. The fourth-order valence-corrected chi connectivity index (χ4v) is 8.17. The van der Waals surface area contributed by atoms with Gasteiger partial charge in [-0.2, -0.15) is 4.31 Å². The average Bonchev–Trinajstić information content (AvgIpc) is 3.52. The maximum Gasteiger partial charge on any atom is 0.217 e. The van der Waals surface area contributed by atoms with Crippen LogP contribution in [0, 0.1) is 5.82 Å². The van der Waals surface area contributed by atoms with Gasteiger partial charge in [0.25, 0.3) is 0 Å². The number of fused-ring (bicyclic) bond motifs is 1. The maximum absolute atomic E-state index is 13.5. The predicted molar refractivity (Wildman–Crippen MR) is 185 cm³/mol. The van der Waals surface area contributed by atoms with Gasteiger partial charge < -0.3 is 14.8 Å². The van der Waals surface area contributed by atoms with E-state index >= 15 is 0 Å². The number of benzene rings is 3. The van der Waals surface area contributed by atoms with E-state index in [0.717, 1.165) is 31.7 Å². The molecule has 9 nitrogen and oxygen atoms in total. The van der Waals surface area contributed by atoms with Crippen LogP contribution in [-0.4, -0.2) is 46.6 Å². The van der Waals surface area contributed by atoms with Gasteiger partial charge in [-0.25, -0.2) is 27.8 Å². The number of hydrogen-bond acceptors (Lipinski definition) is 9. The second kappa shape index (κ2) is 14.4. The van der Waals surface area contributed by atoms with Crippen molar-refractivity contribution < 1.29 is 22.3 Å². The van der Waals surface area contributed by atoms with Gasteiger partial charge in [0.1, 0.15) is 41.1 Å². The molecule has 1 unspecified atom stereocenters. The van der Waals surface area contributed by atoms with Gasteiger partial charge in [-0.05, 0) is 78.2 Å². The van der Waals surface area contributed by atoms with E-state index in [1.54, 1.807) is 31.3 Å². The summed E-state index contributed by atoms with van der Waals surface area (Å²) in [5.74, 6) is 1.48. The van der Waals surface area contributed by atoms with Gasteiger partial charge in [0, 0.05) is 34.6 Å². The SMILES string of the molecule is CCC(c1nc(-c2cc3c(Nc4ccc(OCc5cccc(F)c5)c(Br)c4)ncnc3cc2OC)cs1)N(CC)S(=O)(=O)C(C)C. The number of sulfonamides is 1. The molecule has 5 aromatic rings.